The fourth-order valence-corrected chi connectivity index (χ4v) is 3.98. The predicted octanol–water partition coefficient (Wildman–Crippen LogP) is 2.52. The Hall–Kier alpha value is -2.66. The van der Waals surface area contributed by atoms with Crippen LogP contribution in [0.15, 0.2) is 42.5 Å². The molecule has 2 amide bonds. The highest BCUT2D eigenvalue weighted by molar-refractivity contribution is 6.00. The van der Waals surface area contributed by atoms with Crippen LogP contribution in [-0.4, -0.2) is 18.4 Å². The minimum Gasteiger partial charge on any atom is -0.352 e. The lowest BCUT2D eigenvalue weighted by atomic mass is 10.1. The van der Waals surface area contributed by atoms with Crippen LogP contribution in [-0.2, 0) is 35.6 Å². The molecule has 0 bridgehead atoms. The molecule has 1 atom stereocenters. The summed E-state index contributed by atoms with van der Waals surface area (Å²) < 4.78 is 0. The van der Waals surface area contributed by atoms with Gasteiger partial charge in [-0.15, -0.1) is 0 Å². The maximum absolute atomic E-state index is 12.6. The first-order valence-corrected chi connectivity index (χ1v) is 9.63. The van der Waals surface area contributed by atoms with Crippen molar-refractivity contribution in [3.63, 3.8) is 0 Å². The van der Waals surface area contributed by atoms with Gasteiger partial charge < -0.3 is 15.5 Å². The lowest BCUT2D eigenvalue weighted by Gasteiger charge is -2.20. The zero-order valence-corrected chi connectivity index (χ0v) is 15.6. The third kappa shape index (κ3) is 3.60. The van der Waals surface area contributed by atoms with Gasteiger partial charge in [0.2, 0.25) is 11.8 Å². The third-order valence-corrected chi connectivity index (χ3v) is 5.53. The maximum Gasteiger partial charge on any atom is 0.227 e. The van der Waals surface area contributed by atoms with E-state index >= 15 is 0 Å². The van der Waals surface area contributed by atoms with E-state index in [0.29, 0.717) is 13.1 Å². The van der Waals surface area contributed by atoms with Crippen LogP contribution in [0.25, 0.3) is 0 Å². The lowest BCUT2D eigenvalue weighted by molar-refractivity contribution is -0.126. The van der Waals surface area contributed by atoms with Crippen LogP contribution in [0.4, 0.5) is 5.69 Å². The summed E-state index contributed by atoms with van der Waals surface area (Å²) in [5.74, 6) is -0.309. The Morgan fingerprint density at radius 1 is 1.19 bits per heavy atom. The molecule has 2 heterocycles. The number of fused-ring (bicyclic) bond motifs is 1. The largest absolute Gasteiger partial charge is 0.352 e. The van der Waals surface area contributed by atoms with Crippen molar-refractivity contribution in [1.82, 2.24) is 10.6 Å². The van der Waals surface area contributed by atoms with Gasteiger partial charge in [-0.3, -0.25) is 9.59 Å². The van der Waals surface area contributed by atoms with Crippen molar-refractivity contribution in [3.05, 3.63) is 64.7 Å². The summed E-state index contributed by atoms with van der Waals surface area (Å²) in [5.41, 5.74) is 5.81. The number of nitrogens with one attached hydrogen (secondary N) is 2. The summed E-state index contributed by atoms with van der Waals surface area (Å²) in [6.07, 6.45) is 1.14. The summed E-state index contributed by atoms with van der Waals surface area (Å²) in [4.78, 5) is 26.9. The van der Waals surface area contributed by atoms with Gasteiger partial charge in [-0.1, -0.05) is 43.3 Å². The van der Waals surface area contributed by atoms with Crippen LogP contribution in [0, 0.1) is 5.92 Å². The van der Waals surface area contributed by atoms with E-state index in [2.05, 4.69) is 35.8 Å². The lowest BCUT2D eigenvalue weighted by Crippen LogP contribution is -2.32. The number of carbonyl (C=O) groups is 2. The normalized spacial score (nSPS) is 18.6. The molecule has 27 heavy (non-hydrogen) atoms. The molecule has 4 rings (SSSR count). The molecule has 5 heteroatoms. The fraction of sp³-hybridized carbons (Fsp3) is 0.364. The second-order valence-corrected chi connectivity index (χ2v) is 7.31. The van der Waals surface area contributed by atoms with E-state index in [1.807, 2.05) is 24.3 Å². The molecule has 1 fully saturated rings. The average molecular weight is 363 g/mol. The van der Waals surface area contributed by atoms with Crippen LogP contribution >= 0.6 is 0 Å². The molecule has 0 aromatic heterocycles. The Morgan fingerprint density at radius 3 is 2.85 bits per heavy atom. The van der Waals surface area contributed by atoms with Gasteiger partial charge in [0.1, 0.15) is 0 Å². The standard InChI is InChI=1S/C22H25N3O2/c1-2-16-5-3-4-6-20(16)25-14-19(10-21(25)26)22(27)24-11-15-7-8-17-12-23-13-18(17)9-15/h3-9,19,23H,2,10-14H2,1H3,(H,24,27). The van der Waals surface area contributed by atoms with Gasteiger partial charge in [-0.25, -0.2) is 0 Å². The number of para-hydroxylation sites is 1. The van der Waals surface area contributed by atoms with E-state index in [-0.39, 0.29) is 24.2 Å². The zero-order valence-electron chi connectivity index (χ0n) is 15.6. The Labute approximate surface area is 159 Å². The molecule has 5 nitrogen and oxygen atoms in total. The van der Waals surface area contributed by atoms with E-state index in [4.69, 9.17) is 0 Å². The number of amides is 2. The van der Waals surface area contributed by atoms with Crippen LogP contribution in [0.2, 0.25) is 0 Å². The summed E-state index contributed by atoms with van der Waals surface area (Å²) >= 11 is 0. The maximum atomic E-state index is 12.6. The van der Waals surface area contributed by atoms with Gasteiger partial charge in [0.15, 0.2) is 0 Å². The molecule has 2 N–H and O–H groups in total. The van der Waals surface area contributed by atoms with Gasteiger partial charge in [0.25, 0.3) is 0 Å². The van der Waals surface area contributed by atoms with Crippen LogP contribution in [0.3, 0.4) is 0 Å². The zero-order chi connectivity index (χ0) is 18.8. The molecule has 0 saturated carbocycles. The quantitative estimate of drug-likeness (QED) is 0.858. The summed E-state index contributed by atoms with van der Waals surface area (Å²) in [7, 11) is 0. The van der Waals surface area contributed by atoms with E-state index in [1.54, 1.807) is 4.90 Å². The molecular weight excluding hydrogens is 338 g/mol. The summed E-state index contributed by atoms with van der Waals surface area (Å²) in [6.45, 7) is 4.84. The first kappa shape index (κ1) is 17.7. The molecule has 1 unspecified atom stereocenters. The number of hydrogen-bond acceptors (Lipinski definition) is 3. The SMILES string of the molecule is CCc1ccccc1N1CC(C(=O)NCc2ccc3c(c2)CNC3)CC1=O. The van der Waals surface area contributed by atoms with Gasteiger partial charge in [0.05, 0.1) is 5.92 Å². The number of rotatable bonds is 5. The Kier molecular flexibility index (Phi) is 4.94. The first-order chi connectivity index (χ1) is 13.2. The fourth-order valence-electron chi connectivity index (χ4n) is 3.98. The molecule has 0 spiro atoms. The molecule has 2 aromatic carbocycles. The van der Waals surface area contributed by atoms with Crippen molar-refractivity contribution in [2.75, 3.05) is 11.4 Å². The van der Waals surface area contributed by atoms with Crippen molar-refractivity contribution in [1.29, 1.82) is 0 Å². The highest BCUT2D eigenvalue weighted by Crippen LogP contribution is 2.28. The van der Waals surface area contributed by atoms with Crippen LogP contribution in [0.1, 0.15) is 35.6 Å². The molecule has 2 aromatic rings. The van der Waals surface area contributed by atoms with Gasteiger partial charge >= 0.3 is 0 Å². The van der Waals surface area contributed by atoms with E-state index in [9.17, 15) is 9.59 Å². The second kappa shape index (κ2) is 7.53. The summed E-state index contributed by atoms with van der Waals surface area (Å²) in [6, 6.07) is 14.3. The smallest absolute Gasteiger partial charge is 0.227 e. The number of nitrogens with zero attached hydrogens (tertiary/aromatic N) is 1. The van der Waals surface area contributed by atoms with Crippen molar-refractivity contribution < 1.29 is 9.59 Å². The van der Waals surface area contributed by atoms with Crippen LogP contribution in [0.5, 0.6) is 0 Å². The topological polar surface area (TPSA) is 61.4 Å². The van der Waals surface area contributed by atoms with E-state index in [1.165, 1.54) is 11.1 Å². The number of anilines is 1. The highest BCUT2D eigenvalue weighted by atomic mass is 16.2. The minimum atomic E-state index is -0.293. The van der Waals surface area contributed by atoms with E-state index in [0.717, 1.165) is 36.3 Å². The Bertz CT molecular complexity index is 878. The van der Waals surface area contributed by atoms with Crippen molar-refractivity contribution >= 4 is 17.5 Å². The van der Waals surface area contributed by atoms with Crippen molar-refractivity contribution in [2.45, 2.75) is 39.4 Å². The molecule has 140 valence electrons. The summed E-state index contributed by atoms with van der Waals surface area (Å²) in [5, 5.41) is 6.34. The van der Waals surface area contributed by atoms with Crippen LogP contribution < -0.4 is 15.5 Å². The Morgan fingerprint density at radius 2 is 2.00 bits per heavy atom. The highest BCUT2D eigenvalue weighted by Gasteiger charge is 2.35. The molecule has 0 radical (unpaired) electrons. The predicted molar refractivity (Wildman–Crippen MR) is 105 cm³/mol. The number of benzene rings is 2. The molecule has 1 saturated heterocycles. The molecular formula is C22H25N3O2. The number of hydrogen-bond donors (Lipinski definition) is 2. The van der Waals surface area contributed by atoms with Crippen molar-refractivity contribution in [2.24, 2.45) is 5.92 Å². The molecule has 2 aliphatic rings. The number of carbonyl (C=O) groups excluding carboxylic acids is 2. The Balaban J connectivity index is 1.39. The average Bonchev–Trinajstić information content (AvgIpc) is 3.32. The van der Waals surface area contributed by atoms with Gasteiger partial charge in [-0.2, -0.15) is 0 Å². The monoisotopic (exact) mass is 363 g/mol. The van der Waals surface area contributed by atoms with E-state index < -0.39 is 0 Å². The van der Waals surface area contributed by atoms with Gasteiger partial charge in [-0.05, 0) is 34.7 Å². The van der Waals surface area contributed by atoms with Gasteiger partial charge in [0, 0.05) is 38.3 Å². The molecule has 2 aliphatic heterocycles. The number of aryl methyl sites for hydroxylation is 1. The minimum absolute atomic E-state index is 0.0275. The first-order valence-electron chi connectivity index (χ1n) is 9.63. The van der Waals surface area contributed by atoms with Crippen molar-refractivity contribution in [3.8, 4) is 0 Å². The second-order valence-electron chi connectivity index (χ2n) is 7.31. The third-order valence-electron chi connectivity index (χ3n) is 5.53. The molecule has 0 aliphatic carbocycles.